The molecule has 0 bridgehead atoms. The summed E-state index contributed by atoms with van der Waals surface area (Å²) in [5.74, 6) is 0.318. The van der Waals surface area contributed by atoms with Gasteiger partial charge in [0, 0.05) is 5.92 Å². The van der Waals surface area contributed by atoms with Crippen molar-refractivity contribution in [1.29, 1.82) is 0 Å². The van der Waals surface area contributed by atoms with Gasteiger partial charge in [-0.3, -0.25) is 0 Å². The molecule has 3 rings (SSSR count). The maximum absolute atomic E-state index is 3.57. The van der Waals surface area contributed by atoms with Gasteiger partial charge in [-0.1, -0.05) is 73.0 Å². The smallest absolute Gasteiger partial charge is 1.00 e. The van der Waals surface area contributed by atoms with E-state index in [0.29, 0.717) is 5.92 Å². The first-order valence-electron chi connectivity index (χ1n) is 7.56. The first-order valence-corrected chi connectivity index (χ1v) is 7.56. The second kappa shape index (κ2) is 12.0. The summed E-state index contributed by atoms with van der Waals surface area (Å²) in [5.41, 5.74) is 8.00. The van der Waals surface area contributed by atoms with Crippen LogP contribution in [0.2, 0.25) is 0 Å². The van der Waals surface area contributed by atoms with E-state index in [1.54, 1.807) is 0 Å². The maximum Gasteiger partial charge on any atom is 4.00 e. The fourth-order valence-corrected chi connectivity index (χ4v) is 3.10. The van der Waals surface area contributed by atoms with Crippen LogP contribution in [0.15, 0.2) is 65.8 Å². The third kappa shape index (κ3) is 6.63. The molecule has 1 aliphatic carbocycles. The van der Waals surface area contributed by atoms with Crippen LogP contribution in [0.1, 0.15) is 41.5 Å². The number of halogens is 3. The summed E-state index contributed by atoms with van der Waals surface area (Å²) < 4.78 is 0. The van der Waals surface area contributed by atoms with Crippen molar-refractivity contribution in [1.82, 2.24) is 0 Å². The molecular weight excluding hydrogens is 406 g/mol. The van der Waals surface area contributed by atoms with Crippen LogP contribution in [0.25, 0.3) is 0 Å². The van der Waals surface area contributed by atoms with Gasteiger partial charge in [-0.15, -0.1) is 0 Å². The molecule has 0 fully saturated rings. The predicted molar refractivity (Wildman–Crippen MR) is 89.3 cm³/mol. The van der Waals surface area contributed by atoms with Gasteiger partial charge < -0.3 is 37.2 Å². The van der Waals surface area contributed by atoms with Crippen LogP contribution in [0, 0.1) is 19.9 Å². The maximum atomic E-state index is 3.57. The van der Waals surface area contributed by atoms with Crippen LogP contribution < -0.4 is 37.2 Å². The number of benzene rings is 2. The van der Waals surface area contributed by atoms with Crippen molar-refractivity contribution in [3.8, 4) is 0 Å². The minimum absolute atomic E-state index is 0. The average molecular weight is 428 g/mol. The van der Waals surface area contributed by atoms with Gasteiger partial charge in [-0.25, -0.2) is 17.7 Å². The van der Waals surface area contributed by atoms with E-state index < -0.39 is 0 Å². The Bertz CT molecular complexity index is 690. The molecule has 1 aliphatic rings. The molecule has 130 valence electrons. The van der Waals surface area contributed by atoms with Gasteiger partial charge in [-0.05, 0) is 25.0 Å². The van der Waals surface area contributed by atoms with E-state index in [1.165, 1.54) is 33.4 Å². The molecular formula is C21H21Cl3Ti. The second-order valence-corrected chi connectivity index (χ2v) is 6.00. The summed E-state index contributed by atoms with van der Waals surface area (Å²) in [7, 11) is 0. The van der Waals surface area contributed by atoms with Gasteiger partial charge in [0.05, 0.1) is 0 Å². The van der Waals surface area contributed by atoms with Gasteiger partial charge in [0.25, 0.3) is 0 Å². The molecule has 0 aromatic heterocycles. The minimum atomic E-state index is 0. The fraction of sp³-hybridized carbons (Fsp3) is 0.238. The number of hydrogen-bond donors (Lipinski definition) is 0. The Kier molecular flexibility index (Phi) is 12.8. The summed E-state index contributed by atoms with van der Waals surface area (Å²) in [5, 5.41) is 0. The molecule has 25 heavy (non-hydrogen) atoms. The summed E-state index contributed by atoms with van der Waals surface area (Å²) in [6.07, 6.45) is 6.85. The number of hydrogen-bond acceptors (Lipinski definition) is 0. The Morgan fingerprint density at radius 2 is 1.28 bits per heavy atom. The molecule has 4 heteroatoms. The third-order valence-corrected chi connectivity index (χ3v) is 4.09. The Hall–Kier alpha value is -0.496. The van der Waals surface area contributed by atoms with Crippen molar-refractivity contribution >= 4 is 0 Å². The standard InChI is InChI=1S/C21H21.3ClH.Ti/c1-15-6-4-8-18(12-15)21(20-11-10-17(3)14-20)19-9-5-7-16(2)13-19;;;;/h4-10,12-13,21H,11H2,1-3H3;3*1H;/q-1;;;;+4/p-3. The van der Waals surface area contributed by atoms with Crippen LogP contribution in [-0.4, -0.2) is 0 Å². The first kappa shape index (κ1) is 26.7. The van der Waals surface area contributed by atoms with E-state index in [2.05, 4.69) is 81.5 Å². The largest absolute Gasteiger partial charge is 4.00 e. The number of aryl methyl sites for hydroxylation is 2. The molecule has 0 unspecified atom stereocenters. The molecule has 2 aromatic carbocycles. The first-order chi connectivity index (χ1) is 10.1. The Labute approximate surface area is 185 Å². The quantitative estimate of drug-likeness (QED) is 0.353. The van der Waals surface area contributed by atoms with E-state index in [4.69, 9.17) is 0 Å². The molecule has 0 N–H and O–H groups in total. The topological polar surface area (TPSA) is 0 Å². The van der Waals surface area contributed by atoms with Crippen LogP contribution in [0.4, 0.5) is 0 Å². The van der Waals surface area contributed by atoms with Gasteiger partial charge in [0.1, 0.15) is 0 Å². The molecule has 0 heterocycles. The van der Waals surface area contributed by atoms with Crippen LogP contribution in [0.3, 0.4) is 0 Å². The zero-order valence-corrected chi connectivity index (χ0v) is 18.4. The number of allylic oxidation sites excluding steroid dienone is 4. The van der Waals surface area contributed by atoms with E-state index in [-0.39, 0.29) is 58.9 Å². The zero-order valence-electron chi connectivity index (χ0n) is 14.6. The second-order valence-electron chi connectivity index (χ2n) is 6.00. The van der Waals surface area contributed by atoms with Crippen molar-refractivity contribution in [3.05, 3.63) is 94.1 Å². The molecule has 0 atom stereocenters. The normalized spacial score (nSPS) is 12.0. The van der Waals surface area contributed by atoms with Crippen molar-refractivity contribution in [2.45, 2.75) is 33.1 Å². The molecule has 0 amide bonds. The number of rotatable bonds is 3. The fourth-order valence-electron chi connectivity index (χ4n) is 3.10. The average Bonchev–Trinajstić information content (AvgIpc) is 2.86. The SMILES string of the molecule is CC1=CCC(C(c2cccc(C)c2)c2cccc(C)c2)=[C-]1.[Cl-].[Cl-].[Cl-].[Ti+4]. The van der Waals surface area contributed by atoms with Crippen molar-refractivity contribution in [2.75, 3.05) is 0 Å². The summed E-state index contributed by atoms with van der Waals surface area (Å²) >= 11 is 0. The summed E-state index contributed by atoms with van der Waals surface area (Å²) in [6.45, 7) is 6.46. The monoisotopic (exact) mass is 426 g/mol. The van der Waals surface area contributed by atoms with Crippen molar-refractivity contribution in [2.24, 2.45) is 0 Å². The zero-order chi connectivity index (χ0) is 14.8. The molecule has 0 aliphatic heterocycles. The van der Waals surface area contributed by atoms with Crippen molar-refractivity contribution in [3.63, 3.8) is 0 Å². The van der Waals surface area contributed by atoms with Crippen LogP contribution in [0.5, 0.6) is 0 Å². The minimum Gasteiger partial charge on any atom is -1.00 e. The van der Waals surface area contributed by atoms with E-state index in [1.807, 2.05) is 0 Å². The molecule has 0 nitrogen and oxygen atoms in total. The Balaban J connectivity index is 0. The molecule has 2 aromatic rings. The van der Waals surface area contributed by atoms with E-state index in [9.17, 15) is 0 Å². The van der Waals surface area contributed by atoms with Crippen molar-refractivity contribution < 1.29 is 58.9 Å². The van der Waals surface area contributed by atoms with Crippen LogP contribution >= 0.6 is 0 Å². The summed E-state index contributed by atoms with van der Waals surface area (Å²) in [4.78, 5) is 0. The molecule has 0 spiro atoms. The molecule has 0 saturated carbocycles. The Morgan fingerprint density at radius 3 is 1.64 bits per heavy atom. The van der Waals surface area contributed by atoms with Crippen LogP contribution in [-0.2, 0) is 21.7 Å². The molecule has 0 radical (unpaired) electrons. The van der Waals surface area contributed by atoms with E-state index >= 15 is 0 Å². The molecule has 0 saturated heterocycles. The summed E-state index contributed by atoms with van der Waals surface area (Å²) in [6, 6.07) is 17.7. The van der Waals surface area contributed by atoms with E-state index in [0.717, 1.165) is 6.42 Å². The van der Waals surface area contributed by atoms with Gasteiger partial charge in [-0.2, -0.15) is 5.57 Å². The van der Waals surface area contributed by atoms with Gasteiger partial charge >= 0.3 is 21.7 Å². The van der Waals surface area contributed by atoms with Gasteiger partial charge in [0.15, 0.2) is 0 Å². The third-order valence-electron chi connectivity index (χ3n) is 4.09. The van der Waals surface area contributed by atoms with Gasteiger partial charge in [0.2, 0.25) is 0 Å². The Morgan fingerprint density at radius 1 is 0.800 bits per heavy atom. The predicted octanol–water partition coefficient (Wildman–Crippen LogP) is -3.48.